The second kappa shape index (κ2) is 12.6. The van der Waals surface area contributed by atoms with Crippen LogP contribution >= 0.6 is 28.3 Å². The van der Waals surface area contributed by atoms with Crippen LogP contribution in [0.1, 0.15) is 44.9 Å². The van der Waals surface area contributed by atoms with Crippen molar-refractivity contribution >= 4 is 39.1 Å². The van der Waals surface area contributed by atoms with E-state index in [9.17, 15) is 0 Å². The van der Waals surface area contributed by atoms with Crippen LogP contribution in [0.4, 0.5) is 0 Å². The number of nitrogens with one attached hydrogen (secondary N) is 1. The first kappa shape index (κ1) is 21.3. The zero-order valence-corrected chi connectivity index (χ0v) is 16.9. The highest BCUT2D eigenvalue weighted by Gasteiger charge is 1.99. The molecule has 0 saturated heterocycles. The predicted octanol–water partition coefficient (Wildman–Crippen LogP) is 6.35. The van der Waals surface area contributed by atoms with Gasteiger partial charge in [0.1, 0.15) is 5.75 Å². The number of rotatable bonds is 11. The maximum absolute atomic E-state index is 5.88. The van der Waals surface area contributed by atoms with Gasteiger partial charge in [-0.3, -0.25) is 0 Å². The Morgan fingerprint density at radius 1 is 0.833 bits per heavy atom. The average molecular weight is 415 g/mol. The Kier molecular flexibility index (Phi) is 11.1. The number of hydrogen-bond acceptors (Lipinski definition) is 2. The standard InChI is InChI=1S/C20H28BrNO.ClH/c1-22-13-7-5-3-2-4-6-8-14-23-20-12-10-17-15-19(21)11-9-18(17)16-20;/h9-12,15-16,22H,2-8,13-14H2,1H3;1H. The molecule has 24 heavy (non-hydrogen) atoms. The van der Waals surface area contributed by atoms with Crippen molar-refractivity contribution in [2.75, 3.05) is 20.2 Å². The number of unbranched alkanes of at least 4 members (excludes halogenated alkanes) is 6. The SMILES string of the molecule is CNCCCCCCCCCOc1ccc2cc(Br)ccc2c1.Cl. The summed E-state index contributed by atoms with van der Waals surface area (Å²) in [4.78, 5) is 0. The highest BCUT2D eigenvalue weighted by atomic mass is 79.9. The highest BCUT2D eigenvalue weighted by Crippen LogP contribution is 2.24. The molecule has 0 atom stereocenters. The molecule has 0 aromatic heterocycles. The number of hydrogen-bond donors (Lipinski definition) is 1. The van der Waals surface area contributed by atoms with E-state index in [-0.39, 0.29) is 12.4 Å². The van der Waals surface area contributed by atoms with E-state index in [1.165, 1.54) is 49.3 Å². The topological polar surface area (TPSA) is 21.3 Å². The largest absolute Gasteiger partial charge is 0.494 e. The highest BCUT2D eigenvalue weighted by molar-refractivity contribution is 9.10. The van der Waals surface area contributed by atoms with Crippen LogP contribution in [0.5, 0.6) is 5.75 Å². The summed E-state index contributed by atoms with van der Waals surface area (Å²) in [6.45, 7) is 1.97. The third-order valence-electron chi connectivity index (χ3n) is 4.11. The Balaban J connectivity index is 0.00000288. The lowest BCUT2D eigenvalue weighted by Crippen LogP contribution is -2.06. The minimum absolute atomic E-state index is 0. The molecule has 0 aliphatic carbocycles. The lowest BCUT2D eigenvalue weighted by molar-refractivity contribution is 0.304. The summed E-state index contributed by atoms with van der Waals surface area (Å²) in [7, 11) is 2.02. The Morgan fingerprint density at radius 3 is 2.21 bits per heavy atom. The van der Waals surface area contributed by atoms with Gasteiger partial charge in [0.15, 0.2) is 0 Å². The van der Waals surface area contributed by atoms with Gasteiger partial charge in [-0.05, 0) is 61.5 Å². The molecule has 0 fully saturated rings. The fourth-order valence-corrected chi connectivity index (χ4v) is 3.14. The summed E-state index contributed by atoms with van der Waals surface area (Å²) in [5.41, 5.74) is 0. The van der Waals surface area contributed by atoms with Crippen LogP contribution in [-0.2, 0) is 0 Å². The molecule has 0 spiro atoms. The summed E-state index contributed by atoms with van der Waals surface area (Å²) >= 11 is 3.51. The van der Waals surface area contributed by atoms with Crippen LogP contribution in [0, 0.1) is 0 Å². The second-order valence-corrected chi connectivity index (χ2v) is 7.00. The van der Waals surface area contributed by atoms with E-state index in [1.54, 1.807) is 0 Å². The van der Waals surface area contributed by atoms with E-state index in [2.05, 4.69) is 57.6 Å². The van der Waals surface area contributed by atoms with Crippen molar-refractivity contribution < 1.29 is 4.74 Å². The van der Waals surface area contributed by atoms with Crippen molar-refractivity contribution in [2.24, 2.45) is 0 Å². The van der Waals surface area contributed by atoms with E-state index in [4.69, 9.17) is 4.74 Å². The molecule has 2 aromatic rings. The number of ether oxygens (including phenoxy) is 1. The molecule has 0 unspecified atom stereocenters. The Hall–Kier alpha value is -0.770. The van der Waals surface area contributed by atoms with Gasteiger partial charge >= 0.3 is 0 Å². The van der Waals surface area contributed by atoms with Gasteiger partial charge in [0.25, 0.3) is 0 Å². The molecule has 0 saturated carbocycles. The molecule has 2 rings (SSSR count). The molecule has 0 heterocycles. The van der Waals surface area contributed by atoms with Crippen LogP contribution < -0.4 is 10.1 Å². The van der Waals surface area contributed by atoms with Crippen molar-refractivity contribution in [2.45, 2.75) is 44.9 Å². The summed E-state index contributed by atoms with van der Waals surface area (Å²) in [5.74, 6) is 0.979. The van der Waals surface area contributed by atoms with Gasteiger partial charge < -0.3 is 10.1 Å². The molecule has 1 N–H and O–H groups in total. The van der Waals surface area contributed by atoms with E-state index in [1.807, 2.05) is 7.05 Å². The molecule has 0 bridgehead atoms. The van der Waals surface area contributed by atoms with E-state index >= 15 is 0 Å². The summed E-state index contributed by atoms with van der Waals surface area (Å²) < 4.78 is 7.00. The van der Waals surface area contributed by atoms with E-state index < -0.39 is 0 Å². The third kappa shape index (κ3) is 7.87. The van der Waals surface area contributed by atoms with Gasteiger partial charge in [-0.2, -0.15) is 0 Å². The number of fused-ring (bicyclic) bond motifs is 1. The van der Waals surface area contributed by atoms with Crippen molar-refractivity contribution in [3.05, 3.63) is 40.9 Å². The summed E-state index contributed by atoms with van der Waals surface area (Å²) in [6, 6.07) is 12.7. The molecule has 2 aromatic carbocycles. The Morgan fingerprint density at radius 2 is 1.46 bits per heavy atom. The minimum Gasteiger partial charge on any atom is -0.494 e. The maximum atomic E-state index is 5.88. The molecule has 0 aliphatic heterocycles. The van der Waals surface area contributed by atoms with Gasteiger partial charge in [-0.15, -0.1) is 12.4 Å². The van der Waals surface area contributed by atoms with E-state index in [0.29, 0.717) is 0 Å². The quantitative estimate of drug-likeness (QED) is 0.432. The average Bonchev–Trinajstić information content (AvgIpc) is 2.56. The zero-order valence-electron chi connectivity index (χ0n) is 14.5. The van der Waals surface area contributed by atoms with Gasteiger partial charge in [0.05, 0.1) is 6.61 Å². The van der Waals surface area contributed by atoms with Gasteiger partial charge in [-0.25, -0.2) is 0 Å². The number of halogens is 2. The third-order valence-corrected chi connectivity index (χ3v) is 4.61. The first-order valence-electron chi connectivity index (χ1n) is 8.76. The summed E-state index contributed by atoms with van der Waals surface area (Å²) in [6.07, 6.45) is 9.12. The van der Waals surface area contributed by atoms with Crippen LogP contribution in [-0.4, -0.2) is 20.2 Å². The van der Waals surface area contributed by atoms with Crippen LogP contribution in [0.3, 0.4) is 0 Å². The molecule has 134 valence electrons. The fraction of sp³-hybridized carbons (Fsp3) is 0.500. The lowest BCUT2D eigenvalue weighted by atomic mass is 10.1. The van der Waals surface area contributed by atoms with E-state index in [0.717, 1.165) is 29.8 Å². The first-order valence-corrected chi connectivity index (χ1v) is 9.55. The van der Waals surface area contributed by atoms with Crippen LogP contribution in [0.2, 0.25) is 0 Å². The van der Waals surface area contributed by atoms with Gasteiger partial charge in [-0.1, -0.05) is 60.2 Å². The van der Waals surface area contributed by atoms with Crippen molar-refractivity contribution in [3.63, 3.8) is 0 Å². The Bertz CT molecular complexity index is 591. The molecule has 4 heteroatoms. The van der Waals surface area contributed by atoms with Gasteiger partial charge in [0.2, 0.25) is 0 Å². The predicted molar refractivity (Wildman–Crippen MR) is 111 cm³/mol. The zero-order chi connectivity index (χ0) is 16.3. The van der Waals surface area contributed by atoms with Crippen molar-refractivity contribution in [1.29, 1.82) is 0 Å². The smallest absolute Gasteiger partial charge is 0.119 e. The molecular weight excluding hydrogens is 386 g/mol. The molecule has 0 aliphatic rings. The summed E-state index contributed by atoms with van der Waals surface area (Å²) in [5, 5.41) is 5.67. The fourth-order valence-electron chi connectivity index (χ4n) is 2.76. The minimum atomic E-state index is 0. The molecular formula is C20H29BrClNO. The van der Waals surface area contributed by atoms with Gasteiger partial charge in [0, 0.05) is 4.47 Å². The van der Waals surface area contributed by atoms with Crippen molar-refractivity contribution in [1.82, 2.24) is 5.32 Å². The number of benzene rings is 2. The second-order valence-electron chi connectivity index (χ2n) is 6.08. The monoisotopic (exact) mass is 413 g/mol. The molecule has 0 radical (unpaired) electrons. The molecule has 2 nitrogen and oxygen atoms in total. The Labute approximate surface area is 160 Å². The molecule has 0 amide bonds. The lowest BCUT2D eigenvalue weighted by Gasteiger charge is -2.08. The van der Waals surface area contributed by atoms with Crippen LogP contribution in [0.25, 0.3) is 10.8 Å². The maximum Gasteiger partial charge on any atom is 0.119 e. The normalized spacial score (nSPS) is 10.6. The van der Waals surface area contributed by atoms with Crippen LogP contribution in [0.15, 0.2) is 40.9 Å². The first-order chi connectivity index (χ1) is 11.3. The van der Waals surface area contributed by atoms with Crippen molar-refractivity contribution in [3.8, 4) is 5.75 Å².